The summed E-state index contributed by atoms with van der Waals surface area (Å²) in [5, 5.41) is -0.0247. The number of amides is 1. The highest BCUT2D eigenvalue weighted by Crippen LogP contribution is 2.39. The summed E-state index contributed by atoms with van der Waals surface area (Å²) < 4.78 is 13.0. The first kappa shape index (κ1) is 13.2. The molecule has 1 aliphatic rings. The van der Waals surface area contributed by atoms with E-state index in [9.17, 15) is 9.18 Å². The first-order chi connectivity index (χ1) is 9.74. The highest BCUT2D eigenvalue weighted by atomic mass is 32.2. The second-order valence-corrected chi connectivity index (χ2v) is 5.79. The van der Waals surface area contributed by atoms with Gasteiger partial charge in [-0.05, 0) is 23.3 Å². The Bertz CT molecular complexity index is 600. The van der Waals surface area contributed by atoms with Crippen LogP contribution in [0.5, 0.6) is 0 Å². The minimum atomic E-state index is -0.252. The van der Waals surface area contributed by atoms with Gasteiger partial charge in [-0.2, -0.15) is 0 Å². The maximum absolute atomic E-state index is 13.0. The molecule has 2 nitrogen and oxygen atoms in total. The molecule has 4 heteroatoms. The average Bonchev–Trinajstić information content (AvgIpc) is 2.83. The van der Waals surface area contributed by atoms with Gasteiger partial charge in [0.15, 0.2) is 0 Å². The van der Waals surface area contributed by atoms with E-state index >= 15 is 0 Å². The van der Waals surface area contributed by atoms with E-state index < -0.39 is 0 Å². The Labute approximate surface area is 121 Å². The Kier molecular flexibility index (Phi) is 3.74. The van der Waals surface area contributed by atoms with E-state index in [4.69, 9.17) is 0 Å². The van der Waals surface area contributed by atoms with Gasteiger partial charge in [-0.1, -0.05) is 42.5 Å². The van der Waals surface area contributed by atoms with Crippen LogP contribution in [0.3, 0.4) is 0 Å². The zero-order valence-electron chi connectivity index (χ0n) is 10.8. The third-order valence-corrected chi connectivity index (χ3v) is 4.58. The molecule has 1 saturated heterocycles. The van der Waals surface area contributed by atoms with Crippen LogP contribution < -0.4 is 0 Å². The van der Waals surface area contributed by atoms with Crippen LogP contribution in [0.2, 0.25) is 0 Å². The van der Waals surface area contributed by atoms with E-state index in [2.05, 4.69) is 0 Å². The number of hydrogen-bond acceptors (Lipinski definition) is 2. The topological polar surface area (TPSA) is 20.3 Å². The molecule has 0 aliphatic carbocycles. The second kappa shape index (κ2) is 5.67. The molecule has 2 aromatic carbocycles. The van der Waals surface area contributed by atoms with Gasteiger partial charge in [0.2, 0.25) is 5.91 Å². The molecule has 0 N–H and O–H groups in total. The van der Waals surface area contributed by atoms with Gasteiger partial charge in [0.25, 0.3) is 0 Å². The van der Waals surface area contributed by atoms with Gasteiger partial charge in [0.1, 0.15) is 11.2 Å². The van der Waals surface area contributed by atoms with Crippen LogP contribution >= 0.6 is 11.8 Å². The Balaban J connectivity index is 1.83. The zero-order valence-corrected chi connectivity index (χ0v) is 11.6. The predicted octanol–water partition coefficient (Wildman–Crippen LogP) is 3.60. The maximum Gasteiger partial charge on any atom is 0.234 e. The second-order valence-electron chi connectivity index (χ2n) is 4.72. The van der Waals surface area contributed by atoms with E-state index in [0.29, 0.717) is 12.3 Å². The molecule has 1 amide bonds. The summed E-state index contributed by atoms with van der Waals surface area (Å²) in [7, 11) is 0. The van der Waals surface area contributed by atoms with Crippen LogP contribution in [0.4, 0.5) is 4.39 Å². The zero-order chi connectivity index (χ0) is 13.9. The van der Waals surface area contributed by atoms with E-state index in [-0.39, 0.29) is 17.1 Å². The van der Waals surface area contributed by atoms with Crippen molar-refractivity contribution in [2.75, 3.05) is 5.75 Å². The molecule has 1 fully saturated rings. The van der Waals surface area contributed by atoms with Gasteiger partial charge in [0, 0.05) is 6.54 Å². The summed E-state index contributed by atoms with van der Waals surface area (Å²) >= 11 is 1.59. The molecule has 1 aliphatic heterocycles. The van der Waals surface area contributed by atoms with E-state index in [1.54, 1.807) is 23.9 Å². The third-order valence-electron chi connectivity index (χ3n) is 3.32. The predicted molar refractivity (Wildman–Crippen MR) is 78.6 cm³/mol. The van der Waals surface area contributed by atoms with Crippen LogP contribution in [-0.4, -0.2) is 16.6 Å². The van der Waals surface area contributed by atoms with Gasteiger partial charge >= 0.3 is 0 Å². The number of carbonyl (C=O) groups is 1. The van der Waals surface area contributed by atoms with Crippen molar-refractivity contribution in [2.45, 2.75) is 11.9 Å². The number of thioether (sulfide) groups is 1. The Hall–Kier alpha value is -1.81. The molecule has 3 rings (SSSR count). The summed E-state index contributed by atoms with van der Waals surface area (Å²) in [5.41, 5.74) is 2.08. The Morgan fingerprint density at radius 1 is 1.10 bits per heavy atom. The molecule has 0 spiro atoms. The number of halogens is 1. The van der Waals surface area contributed by atoms with Gasteiger partial charge in [-0.3, -0.25) is 4.79 Å². The number of benzene rings is 2. The van der Waals surface area contributed by atoms with Crippen LogP contribution in [0.25, 0.3) is 0 Å². The summed E-state index contributed by atoms with van der Waals surface area (Å²) in [4.78, 5) is 13.9. The number of hydrogen-bond donors (Lipinski definition) is 0. The van der Waals surface area contributed by atoms with E-state index in [0.717, 1.165) is 11.1 Å². The molecule has 0 radical (unpaired) electrons. The lowest BCUT2D eigenvalue weighted by Crippen LogP contribution is -2.27. The van der Waals surface area contributed by atoms with Crippen LogP contribution in [-0.2, 0) is 11.3 Å². The summed E-state index contributed by atoms with van der Waals surface area (Å²) in [6.45, 7) is 0.592. The lowest BCUT2D eigenvalue weighted by molar-refractivity contribution is -0.128. The fourth-order valence-corrected chi connectivity index (χ4v) is 3.50. The average molecular weight is 287 g/mol. The monoisotopic (exact) mass is 287 g/mol. The molecule has 0 unspecified atom stereocenters. The SMILES string of the molecule is O=C1CS[C@H](c2ccc(F)cc2)N1Cc1ccccc1. The molecular weight excluding hydrogens is 273 g/mol. The quantitative estimate of drug-likeness (QED) is 0.859. The summed E-state index contributed by atoms with van der Waals surface area (Å²) in [6.07, 6.45) is 0. The van der Waals surface area contributed by atoms with Gasteiger partial charge in [-0.15, -0.1) is 11.8 Å². The van der Waals surface area contributed by atoms with Crippen LogP contribution in [0.15, 0.2) is 54.6 Å². The van der Waals surface area contributed by atoms with Crippen molar-refractivity contribution in [3.63, 3.8) is 0 Å². The maximum atomic E-state index is 13.0. The van der Waals surface area contributed by atoms with Crippen molar-refractivity contribution < 1.29 is 9.18 Å². The van der Waals surface area contributed by atoms with Gasteiger partial charge in [0.05, 0.1) is 5.75 Å². The molecule has 0 bridgehead atoms. The molecule has 1 atom stereocenters. The fraction of sp³-hybridized carbons (Fsp3) is 0.188. The Morgan fingerprint density at radius 3 is 2.50 bits per heavy atom. The fourth-order valence-electron chi connectivity index (χ4n) is 2.31. The van der Waals surface area contributed by atoms with E-state index in [1.807, 2.05) is 35.2 Å². The van der Waals surface area contributed by atoms with Crippen LogP contribution in [0, 0.1) is 5.82 Å². The standard InChI is InChI=1S/C16H14FNOS/c17-14-8-6-13(7-9-14)16-18(15(19)11-20-16)10-12-4-2-1-3-5-12/h1-9,16H,10-11H2/t16-/m1/s1. The first-order valence-electron chi connectivity index (χ1n) is 6.44. The number of carbonyl (C=O) groups excluding carboxylic acids is 1. The minimum Gasteiger partial charge on any atom is -0.322 e. The van der Waals surface area contributed by atoms with Crippen molar-refractivity contribution in [1.82, 2.24) is 4.90 Å². The molecule has 20 heavy (non-hydrogen) atoms. The minimum absolute atomic E-state index is 0.0247. The molecule has 1 heterocycles. The van der Waals surface area contributed by atoms with Gasteiger partial charge < -0.3 is 4.90 Å². The molecule has 102 valence electrons. The molecule has 0 saturated carbocycles. The number of nitrogens with zero attached hydrogens (tertiary/aromatic N) is 1. The van der Waals surface area contributed by atoms with Crippen molar-refractivity contribution in [1.29, 1.82) is 0 Å². The Morgan fingerprint density at radius 2 is 1.80 bits per heavy atom. The molecule has 2 aromatic rings. The van der Waals surface area contributed by atoms with Crippen molar-refractivity contribution in [3.8, 4) is 0 Å². The van der Waals surface area contributed by atoms with E-state index in [1.165, 1.54) is 12.1 Å². The lowest BCUT2D eigenvalue weighted by atomic mass is 10.1. The first-order valence-corrected chi connectivity index (χ1v) is 7.49. The molecular formula is C16H14FNOS. The summed E-state index contributed by atoms with van der Waals surface area (Å²) in [5.74, 6) is 0.361. The van der Waals surface area contributed by atoms with Crippen molar-refractivity contribution >= 4 is 17.7 Å². The third kappa shape index (κ3) is 2.70. The van der Waals surface area contributed by atoms with Crippen molar-refractivity contribution in [3.05, 3.63) is 71.5 Å². The summed E-state index contributed by atoms with van der Waals surface area (Å²) in [6, 6.07) is 16.3. The van der Waals surface area contributed by atoms with Gasteiger partial charge in [-0.25, -0.2) is 4.39 Å². The smallest absolute Gasteiger partial charge is 0.234 e. The highest BCUT2D eigenvalue weighted by Gasteiger charge is 2.32. The number of rotatable bonds is 3. The largest absolute Gasteiger partial charge is 0.322 e. The highest BCUT2D eigenvalue weighted by molar-refractivity contribution is 8.00. The lowest BCUT2D eigenvalue weighted by Gasteiger charge is -2.24. The van der Waals surface area contributed by atoms with Crippen LogP contribution in [0.1, 0.15) is 16.5 Å². The normalized spacial score (nSPS) is 18.6. The molecule has 0 aromatic heterocycles. The van der Waals surface area contributed by atoms with Crippen molar-refractivity contribution in [2.24, 2.45) is 0 Å².